The van der Waals surface area contributed by atoms with Crippen LogP contribution in [-0.4, -0.2) is 39.1 Å². The summed E-state index contributed by atoms with van der Waals surface area (Å²) in [6.45, 7) is 24.0. The zero-order valence-corrected chi connectivity index (χ0v) is 20.2. The Morgan fingerprint density at radius 3 is 1.85 bits per heavy atom. The fourth-order valence-electron chi connectivity index (χ4n) is 2.43. The third kappa shape index (κ3) is 6.41. The van der Waals surface area contributed by atoms with Crippen LogP contribution in [0.2, 0.25) is 18.1 Å². The van der Waals surface area contributed by atoms with E-state index in [0.717, 1.165) is 5.57 Å². The van der Waals surface area contributed by atoms with Gasteiger partial charge in [-0.25, -0.2) is 0 Å². The summed E-state index contributed by atoms with van der Waals surface area (Å²) in [5.74, 6) is -0.659. The molecule has 0 N–H and O–H groups in total. The predicted octanol–water partition coefficient (Wildman–Crippen LogP) is 5.81. The Hall–Kier alpha value is -0.263. The van der Waals surface area contributed by atoms with E-state index >= 15 is 0 Å². The molecule has 0 aliphatic carbocycles. The lowest BCUT2D eigenvalue weighted by Crippen LogP contribution is -2.47. The normalized spacial score (nSPS) is 16.8. The number of hydrogen-bond donors (Lipinski definition) is 0. The van der Waals surface area contributed by atoms with E-state index < -0.39 is 33.6 Å². The second kappa shape index (κ2) is 9.79. The van der Waals surface area contributed by atoms with Crippen molar-refractivity contribution in [2.45, 2.75) is 85.3 Å². The summed E-state index contributed by atoms with van der Waals surface area (Å²) in [5, 5.41) is 0.0149. The molecule has 26 heavy (non-hydrogen) atoms. The Morgan fingerprint density at radius 1 is 1.12 bits per heavy atom. The second-order valence-electron chi connectivity index (χ2n) is 8.39. The number of hydrogen-bond acceptors (Lipinski definition) is 5. The fourth-order valence-corrected chi connectivity index (χ4v) is 5.61. The van der Waals surface area contributed by atoms with Crippen LogP contribution in [0.3, 0.4) is 0 Å². The average molecular weight is 407 g/mol. The van der Waals surface area contributed by atoms with E-state index in [0.29, 0.717) is 0 Å². The van der Waals surface area contributed by atoms with Gasteiger partial charge in [0.05, 0.1) is 19.3 Å². The van der Waals surface area contributed by atoms with Gasteiger partial charge in [0.1, 0.15) is 5.66 Å². The third-order valence-corrected chi connectivity index (χ3v) is 12.0. The first kappa shape index (κ1) is 25.7. The van der Waals surface area contributed by atoms with Crippen molar-refractivity contribution >= 4 is 21.7 Å². The smallest absolute Gasteiger partial charge is 0.340 e. The van der Waals surface area contributed by atoms with Gasteiger partial charge in [-0.3, -0.25) is 9.36 Å². The number of ketones is 1. The van der Waals surface area contributed by atoms with Gasteiger partial charge in [-0.1, -0.05) is 39.8 Å². The van der Waals surface area contributed by atoms with Crippen molar-refractivity contribution in [1.29, 1.82) is 0 Å². The van der Waals surface area contributed by atoms with Gasteiger partial charge < -0.3 is 13.5 Å². The van der Waals surface area contributed by atoms with Crippen LogP contribution in [0, 0.1) is 5.92 Å². The van der Waals surface area contributed by atoms with Gasteiger partial charge in [-0.15, -0.1) is 0 Å². The molecule has 0 aliphatic rings. The quantitative estimate of drug-likeness (QED) is 0.246. The second-order valence-corrected chi connectivity index (χ2v) is 15.5. The third-order valence-electron chi connectivity index (χ3n) is 5.12. The average Bonchev–Trinajstić information content (AvgIpc) is 2.49. The standard InChI is InChI=1S/C19H39O5PSi/c1-12-22-25(21,23-13-2)16(6)17(20)15(5)18(14(3)4)24-26(10,11)19(7,8)9/h15-16,18H,3,12-13H2,1-2,4-11H3/t15-,16?,18+/m1/s1. The van der Waals surface area contributed by atoms with Crippen molar-refractivity contribution < 1.29 is 22.8 Å². The van der Waals surface area contributed by atoms with Gasteiger partial charge in [0.15, 0.2) is 14.1 Å². The number of carbonyl (C=O) groups excluding carboxylic acids is 1. The van der Waals surface area contributed by atoms with Crippen LogP contribution in [0.15, 0.2) is 12.2 Å². The lowest BCUT2D eigenvalue weighted by Gasteiger charge is -2.41. The van der Waals surface area contributed by atoms with E-state index in [1.165, 1.54) is 0 Å². The summed E-state index contributed by atoms with van der Waals surface area (Å²) in [4.78, 5) is 13.1. The fraction of sp³-hybridized carbons (Fsp3) is 0.842. The number of carbonyl (C=O) groups is 1. The molecular formula is C19H39O5PSi. The highest BCUT2D eigenvalue weighted by Crippen LogP contribution is 2.54. The van der Waals surface area contributed by atoms with Gasteiger partial charge in [0.2, 0.25) is 0 Å². The molecule has 0 aromatic carbocycles. The van der Waals surface area contributed by atoms with E-state index in [9.17, 15) is 9.36 Å². The first-order valence-electron chi connectivity index (χ1n) is 9.40. The van der Waals surface area contributed by atoms with E-state index in [2.05, 4.69) is 40.4 Å². The molecule has 0 bridgehead atoms. The Kier molecular flexibility index (Phi) is 9.69. The topological polar surface area (TPSA) is 61.8 Å². The van der Waals surface area contributed by atoms with Gasteiger partial charge in [-0.05, 0) is 45.8 Å². The minimum atomic E-state index is -3.50. The molecule has 0 spiro atoms. The summed E-state index contributed by atoms with van der Waals surface area (Å²) in [5.41, 5.74) is -0.0483. The first-order valence-corrected chi connectivity index (χ1v) is 13.9. The maximum Gasteiger partial charge on any atom is 0.340 e. The molecule has 0 aromatic heterocycles. The molecule has 0 rings (SSSR count). The molecule has 7 heteroatoms. The van der Waals surface area contributed by atoms with E-state index in [1.807, 2.05) is 13.8 Å². The Morgan fingerprint density at radius 2 is 1.54 bits per heavy atom. The largest absolute Gasteiger partial charge is 0.410 e. The summed E-state index contributed by atoms with van der Waals surface area (Å²) < 4.78 is 30.2. The molecular weight excluding hydrogens is 367 g/mol. The summed E-state index contributed by atoms with van der Waals surface area (Å²) in [6, 6.07) is 0. The molecule has 154 valence electrons. The van der Waals surface area contributed by atoms with Crippen LogP contribution in [0.1, 0.15) is 55.4 Å². The van der Waals surface area contributed by atoms with Crippen LogP contribution in [-0.2, 0) is 22.8 Å². The molecule has 0 aromatic rings. The van der Waals surface area contributed by atoms with Crippen molar-refractivity contribution in [3.63, 3.8) is 0 Å². The molecule has 0 amide bonds. The molecule has 5 nitrogen and oxygen atoms in total. The van der Waals surface area contributed by atoms with Crippen molar-refractivity contribution in [3.05, 3.63) is 12.2 Å². The monoisotopic (exact) mass is 406 g/mol. The van der Waals surface area contributed by atoms with E-state index in [-0.39, 0.29) is 24.0 Å². The summed E-state index contributed by atoms with van der Waals surface area (Å²) >= 11 is 0. The molecule has 1 unspecified atom stereocenters. The Bertz CT molecular complexity index is 529. The number of Topliss-reactive ketones (excluding diaryl/α,β-unsaturated/α-hetero) is 1. The van der Waals surface area contributed by atoms with Crippen LogP contribution in [0.25, 0.3) is 0 Å². The molecule has 0 radical (unpaired) electrons. The highest BCUT2D eigenvalue weighted by Gasteiger charge is 2.45. The van der Waals surface area contributed by atoms with Gasteiger partial charge in [0, 0.05) is 5.92 Å². The maximum absolute atomic E-state index is 13.1. The van der Waals surface area contributed by atoms with Crippen LogP contribution < -0.4 is 0 Å². The Labute approximate surface area is 161 Å². The predicted molar refractivity (Wildman–Crippen MR) is 111 cm³/mol. The highest BCUT2D eigenvalue weighted by molar-refractivity contribution is 7.55. The molecule has 0 saturated heterocycles. The summed E-state index contributed by atoms with van der Waals surface area (Å²) in [6.07, 6.45) is -0.414. The molecule has 3 atom stereocenters. The van der Waals surface area contributed by atoms with Gasteiger partial charge >= 0.3 is 7.60 Å². The van der Waals surface area contributed by atoms with Crippen molar-refractivity contribution in [3.8, 4) is 0 Å². The lowest BCUT2D eigenvalue weighted by molar-refractivity contribution is -0.124. The molecule has 0 fully saturated rings. The van der Waals surface area contributed by atoms with Crippen molar-refractivity contribution in [2.24, 2.45) is 5.92 Å². The zero-order valence-electron chi connectivity index (χ0n) is 18.3. The SMILES string of the molecule is C=C(C)[C@H](O[Si](C)(C)C(C)(C)C)[C@H](C)C(=O)C(C)P(=O)(OCC)OCC. The highest BCUT2D eigenvalue weighted by atomic mass is 31.2. The van der Waals surface area contributed by atoms with Gasteiger partial charge in [0.25, 0.3) is 0 Å². The zero-order chi connectivity index (χ0) is 20.9. The maximum atomic E-state index is 13.1. The van der Waals surface area contributed by atoms with Crippen LogP contribution >= 0.6 is 7.60 Å². The van der Waals surface area contributed by atoms with E-state index in [1.54, 1.807) is 20.8 Å². The lowest BCUT2D eigenvalue weighted by atomic mass is 9.94. The number of rotatable bonds is 11. The molecule has 0 heterocycles. The van der Waals surface area contributed by atoms with Crippen LogP contribution in [0.5, 0.6) is 0 Å². The Balaban J connectivity index is 5.60. The minimum absolute atomic E-state index is 0.0149. The van der Waals surface area contributed by atoms with Gasteiger partial charge in [-0.2, -0.15) is 0 Å². The van der Waals surface area contributed by atoms with Crippen molar-refractivity contribution in [2.75, 3.05) is 13.2 Å². The van der Waals surface area contributed by atoms with Crippen LogP contribution in [0.4, 0.5) is 0 Å². The molecule has 0 saturated carbocycles. The van der Waals surface area contributed by atoms with E-state index in [4.69, 9.17) is 13.5 Å². The summed E-state index contributed by atoms with van der Waals surface area (Å²) in [7, 11) is -5.59. The molecule has 0 aliphatic heterocycles. The first-order chi connectivity index (χ1) is 11.6. The minimum Gasteiger partial charge on any atom is -0.410 e. The van der Waals surface area contributed by atoms with Crippen molar-refractivity contribution in [1.82, 2.24) is 0 Å².